The second kappa shape index (κ2) is 7.77. The average Bonchev–Trinajstić information content (AvgIpc) is 3.07. The molecule has 0 amide bonds. The van der Waals surface area contributed by atoms with Gasteiger partial charge in [0, 0.05) is 5.56 Å². The maximum atomic E-state index is 12.6. The normalized spacial score (nSPS) is 12.4. The number of aryl methyl sites for hydroxylation is 1. The molecule has 0 saturated heterocycles. The van der Waals surface area contributed by atoms with E-state index in [-0.39, 0.29) is 11.6 Å². The van der Waals surface area contributed by atoms with Gasteiger partial charge in [-0.3, -0.25) is 4.79 Å². The summed E-state index contributed by atoms with van der Waals surface area (Å²) in [6, 6.07) is 14.8. The third-order valence-corrected chi connectivity index (χ3v) is 6.36. The molecular formula is C22H22N3O3S+. The van der Waals surface area contributed by atoms with Gasteiger partial charge in [-0.1, -0.05) is 42.5 Å². The first-order valence-corrected chi connectivity index (χ1v) is 10.2. The molecule has 0 aliphatic rings. The van der Waals surface area contributed by atoms with Gasteiger partial charge in [-0.15, -0.1) is 11.3 Å². The van der Waals surface area contributed by atoms with Crippen LogP contribution in [-0.2, 0) is 11.3 Å². The quantitative estimate of drug-likeness (QED) is 0.497. The van der Waals surface area contributed by atoms with Crippen molar-refractivity contribution in [3.63, 3.8) is 0 Å². The monoisotopic (exact) mass is 408 g/mol. The van der Waals surface area contributed by atoms with Gasteiger partial charge in [0.25, 0.3) is 5.56 Å². The summed E-state index contributed by atoms with van der Waals surface area (Å²) in [6.45, 7) is 4.42. The fraction of sp³-hybridized carbons (Fsp3) is 0.227. The van der Waals surface area contributed by atoms with E-state index >= 15 is 0 Å². The topological polar surface area (TPSA) is 88.7 Å². The summed E-state index contributed by atoms with van der Waals surface area (Å²) < 4.78 is 4.81. The molecule has 2 heterocycles. The standard InChI is InChI=1S/C22H21N3O3S/c1-12-18-20(26)24-17(25-21(18)29-19(12)22(27)28-3)11-23-13(2)15-10-6-8-14-7-4-5-9-16(14)15/h4-10,13,23H,11H2,1-3H3,(H,24,25,26)/p+1/t13-/m0/s1. The van der Waals surface area contributed by atoms with Crippen molar-refractivity contribution in [2.24, 2.45) is 0 Å². The zero-order valence-electron chi connectivity index (χ0n) is 16.5. The highest BCUT2D eigenvalue weighted by Crippen LogP contribution is 2.27. The SMILES string of the molecule is COC(=O)c1sc2nc(C[NH2+][C@@H](C)c3cccc4ccccc34)[nH]c(=O)c2c1C. The second-order valence-electron chi connectivity index (χ2n) is 7.04. The van der Waals surface area contributed by atoms with E-state index in [4.69, 9.17) is 4.74 Å². The third kappa shape index (κ3) is 3.54. The fourth-order valence-corrected chi connectivity index (χ4v) is 4.75. The summed E-state index contributed by atoms with van der Waals surface area (Å²) in [5, 5.41) is 5.05. The number of nitrogens with one attached hydrogen (secondary N) is 1. The Bertz CT molecular complexity index is 1270. The second-order valence-corrected chi connectivity index (χ2v) is 8.04. The molecule has 6 nitrogen and oxygen atoms in total. The number of thiophene rings is 1. The van der Waals surface area contributed by atoms with Crippen molar-refractivity contribution < 1.29 is 14.8 Å². The Kier molecular flexibility index (Phi) is 5.17. The van der Waals surface area contributed by atoms with Gasteiger partial charge in [0.05, 0.1) is 12.5 Å². The van der Waals surface area contributed by atoms with E-state index in [0.717, 1.165) is 0 Å². The van der Waals surface area contributed by atoms with Crippen LogP contribution >= 0.6 is 11.3 Å². The van der Waals surface area contributed by atoms with Crippen LogP contribution in [0, 0.1) is 6.92 Å². The largest absolute Gasteiger partial charge is 0.465 e. The lowest BCUT2D eigenvalue weighted by Crippen LogP contribution is -2.83. The van der Waals surface area contributed by atoms with Crippen LogP contribution in [0.5, 0.6) is 0 Å². The Morgan fingerprint density at radius 3 is 2.79 bits per heavy atom. The summed E-state index contributed by atoms with van der Waals surface area (Å²) in [6.07, 6.45) is 0. The van der Waals surface area contributed by atoms with Crippen molar-refractivity contribution in [3.8, 4) is 0 Å². The van der Waals surface area contributed by atoms with Gasteiger partial charge >= 0.3 is 5.97 Å². The van der Waals surface area contributed by atoms with E-state index in [0.29, 0.717) is 33.0 Å². The number of fused-ring (bicyclic) bond motifs is 2. The molecule has 0 bridgehead atoms. The van der Waals surface area contributed by atoms with E-state index in [1.165, 1.54) is 34.8 Å². The highest BCUT2D eigenvalue weighted by molar-refractivity contribution is 7.20. The molecule has 2 aromatic heterocycles. The maximum Gasteiger partial charge on any atom is 0.348 e. The number of esters is 1. The number of carbonyl (C=O) groups is 1. The van der Waals surface area contributed by atoms with Crippen molar-refractivity contribution >= 4 is 38.3 Å². The molecule has 0 aliphatic heterocycles. The van der Waals surface area contributed by atoms with E-state index in [1.807, 2.05) is 12.1 Å². The lowest BCUT2D eigenvalue weighted by molar-refractivity contribution is -0.708. The number of nitrogens with two attached hydrogens (primary N) is 1. The number of rotatable bonds is 5. The number of ether oxygens (including phenoxy) is 1. The molecule has 148 valence electrons. The summed E-state index contributed by atoms with van der Waals surface area (Å²) in [4.78, 5) is 32.9. The fourth-order valence-electron chi connectivity index (χ4n) is 3.64. The lowest BCUT2D eigenvalue weighted by atomic mass is 10.00. The van der Waals surface area contributed by atoms with Gasteiger partial charge in [-0.2, -0.15) is 0 Å². The summed E-state index contributed by atoms with van der Waals surface area (Å²) in [5.74, 6) is 0.148. The predicted molar refractivity (Wildman–Crippen MR) is 114 cm³/mol. The van der Waals surface area contributed by atoms with Gasteiger partial charge in [0.2, 0.25) is 0 Å². The lowest BCUT2D eigenvalue weighted by Gasteiger charge is -2.13. The van der Waals surface area contributed by atoms with Crippen LogP contribution < -0.4 is 10.9 Å². The maximum absolute atomic E-state index is 12.6. The molecule has 0 spiro atoms. The Morgan fingerprint density at radius 2 is 2.00 bits per heavy atom. The summed E-state index contributed by atoms with van der Waals surface area (Å²) in [5.41, 5.74) is 1.64. The molecule has 0 saturated carbocycles. The number of carbonyl (C=O) groups excluding carboxylic acids is 1. The number of benzene rings is 2. The summed E-state index contributed by atoms with van der Waals surface area (Å²) >= 11 is 1.20. The minimum absolute atomic E-state index is 0.192. The Morgan fingerprint density at radius 1 is 1.24 bits per heavy atom. The summed E-state index contributed by atoms with van der Waals surface area (Å²) in [7, 11) is 1.33. The molecule has 29 heavy (non-hydrogen) atoms. The first kappa shape index (κ1) is 19.3. The Labute approximate surface area is 171 Å². The number of nitrogens with zero attached hydrogens (tertiary/aromatic N) is 1. The minimum Gasteiger partial charge on any atom is -0.465 e. The number of H-pyrrole nitrogens is 1. The zero-order chi connectivity index (χ0) is 20.5. The number of quaternary nitrogens is 1. The number of hydrogen-bond acceptors (Lipinski definition) is 5. The molecule has 4 aromatic rings. The van der Waals surface area contributed by atoms with Crippen LogP contribution in [0.4, 0.5) is 0 Å². The number of aromatic nitrogens is 2. The van der Waals surface area contributed by atoms with Crippen molar-refractivity contribution in [1.82, 2.24) is 9.97 Å². The molecular weight excluding hydrogens is 386 g/mol. The zero-order valence-corrected chi connectivity index (χ0v) is 17.3. The van der Waals surface area contributed by atoms with Crippen LogP contribution in [0.2, 0.25) is 0 Å². The van der Waals surface area contributed by atoms with Gasteiger partial charge < -0.3 is 15.0 Å². The smallest absolute Gasteiger partial charge is 0.348 e. The molecule has 3 N–H and O–H groups in total. The highest BCUT2D eigenvalue weighted by Gasteiger charge is 2.20. The van der Waals surface area contributed by atoms with Gasteiger partial charge in [-0.05, 0) is 30.2 Å². The molecule has 7 heteroatoms. The molecule has 0 unspecified atom stereocenters. The molecule has 0 radical (unpaired) electrons. The molecule has 0 fully saturated rings. The highest BCUT2D eigenvalue weighted by atomic mass is 32.1. The van der Waals surface area contributed by atoms with Crippen LogP contribution in [0.3, 0.4) is 0 Å². The van der Waals surface area contributed by atoms with Crippen molar-refractivity contribution in [1.29, 1.82) is 0 Å². The molecule has 1 atom stereocenters. The van der Waals surface area contributed by atoms with E-state index in [1.54, 1.807) is 6.92 Å². The van der Waals surface area contributed by atoms with Crippen LogP contribution in [0.15, 0.2) is 47.3 Å². The van der Waals surface area contributed by atoms with E-state index in [9.17, 15) is 9.59 Å². The van der Waals surface area contributed by atoms with Crippen molar-refractivity contribution in [2.75, 3.05) is 7.11 Å². The van der Waals surface area contributed by atoms with E-state index in [2.05, 4.69) is 52.5 Å². The van der Waals surface area contributed by atoms with Crippen LogP contribution in [0.25, 0.3) is 21.0 Å². The number of methoxy groups -OCH3 is 1. The number of hydrogen-bond donors (Lipinski definition) is 2. The predicted octanol–water partition coefficient (Wildman–Crippen LogP) is 3.06. The first-order chi connectivity index (χ1) is 14.0. The molecule has 2 aromatic carbocycles. The first-order valence-electron chi connectivity index (χ1n) is 9.41. The van der Waals surface area contributed by atoms with Crippen LogP contribution in [-0.4, -0.2) is 23.0 Å². The average molecular weight is 409 g/mol. The van der Waals surface area contributed by atoms with Crippen molar-refractivity contribution in [2.45, 2.75) is 26.4 Å². The van der Waals surface area contributed by atoms with Gasteiger partial charge in [0.15, 0.2) is 5.82 Å². The minimum atomic E-state index is -0.442. The van der Waals surface area contributed by atoms with E-state index < -0.39 is 5.97 Å². The number of aromatic amines is 1. The van der Waals surface area contributed by atoms with Crippen molar-refractivity contribution in [3.05, 3.63) is 74.6 Å². The third-order valence-electron chi connectivity index (χ3n) is 5.20. The van der Waals surface area contributed by atoms with Crippen LogP contribution in [0.1, 0.15) is 39.6 Å². The van der Waals surface area contributed by atoms with Gasteiger partial charge in [-0.25, -0.2) is 9.78 Å². The Balaban J connectivity index is 1.61. The molecule has 0 aliphatic carbocycles. The molecule has 4 rings (SSSR count). The van der Waals surface area contributed by atoms with Gasteiger partial charge in [0.1, 0.15) is 22.3 Å². The Hall–Kier alpha value is -3.03.